The van der Waals surface area contributed by atoms with Crippen LogP contribution < -0.4 is 5.32 Å². The standard InChI is InChI=1S/C14H21BrN2/c1-16-14(9-10-17(2)11-7-8-11)12-5-3-4-6-13(12)15/h3-6,11,14,16H,7-10H2,1-2H3. The van der Waals surface area contributed by atoms with Gasteiger partial charge in [-0.15, -0.1) is 0 Å². The van der Waals surface area contributed by atoms with Crippen LogP contribution in [-0.4, -0.2) is 31.6 Å². The van der Waals surface area contributed by atoms with Crippen molar-refractivity contribution >= 4 is 15.9 Å². The van der Waals surface area contributed by atoms with E-state index >= 15 is 0 Å². The molecule has 1 fully saturated rings. The van der Waals surface area contributed by atoms with Crippen molar-refractivity contribution < 1.29 is 0 Å². The first-order valence-electron chi connectivity index (χ1n) is 6.34. The van der Waals surface area contributed by atoms with Crippen LogP contribution in [0.15, 0.2) is 28.7 Å². The van der Waals surface area contributed by atoms with Crippen molar-refractivity contribution in [3.8, 4) is 0 Å². The Morgan fingerprint density at radius 1 is 1.41 bits per heavy atom. The highest BCUT2D eigenvalue weighted by molar-refractivity contribution is 9.10. The van der Waals surface area contributed by atoms with Crippen LogP contribution in [0.3, 0.4) is 0 Å². The summed E-state index contributed by atoms with van der Waals surface area (Å²) in [6.07, 6.45) is 3.93. The van der Waals surface area contributed by atoms with E-state index in [9.17, 15) is 0 Å². The smallest absolute Gasteiger partial charge is 0.0340 e. The Balaban J connectivity index is 1.93. The Morgan fingerprint density at radius 3 is 2.71 bits per heavy atom. The molecule has 0 heterocycles. The number of halogens is 1. The summed E-state index contributed by atoms with van der Waals surface area (Å²) in [7, 11) is 4.28. The summed E-state index contributed by atoms with van der Waals surface area (Å²) in [4.78, 5) is 2.49. The molecule has 1 aliphatic carbocycles. The molecule has 0 aliphatic heterocycles. The SMILES string of the molecule is CNC(CCN(C)C1CC1)c1ccccc1Br. The van der Waals surface area contributed by atoms with Gasteiger partial charge in [0.15, 0.2) is 0 Å². The summed E-state index contributed by atoms with van der Waals surface area (Å²) < 4.78 is 1.20. The molecule has 1 aliphatic rings. The maximum absolute atomic E-state index is 3.63. The predicted octanol–water partition coefficient (Wildman–Crippen LogP) is 3.19. The zero-order valence-corrected chi connectivity index (χ0v) is 12.2. The topological polar surface area (TPSA) is 15.3 Å². The second-order valence-electron chi connectivity index (χ2n) is 4.86. The Bertz CT molecular complexity index is 363. The van der Waals surface area contributed by atoms with E-state index in [0.717, 1.165) is 19.0 Å². The van der Waals surface area contributed by atoms with E-state index in [4.69, 9.17) is 0 Å². The first-order valence-corrected chi connectivity index (χ1v) is 7.13. The van der Waals surface area contributed by atoms with Crippen LogP contribution in [0.25, 0.3) is 0 Å². The van der Waals surface area contributed by atoms with Gasteiger partial charge in [-0.3, -0.25) is 0 Å². The molecule has 1 atom stereocenters. The number of nitrogens with one attached hydrogen (secondary N) is 1. The van der Waals surface area contributed by atoms with Gasteiger partial charge in [0.2, 0.25) is 0 Å². The van der Waals surface area contributed by atoms with Crippen molar-refractivity contribution in [3.63, 3.8) is 0 Å². The van der Waals surface area contributed by atoms with Gasteiger partial charge in [-0.1, -0.05) is 34.1 Å². The second kappa shape index (κ2) is 5.98. The average molecular weight is 297 g/mol. The minimum atomic E-state index is 0.437. The molecule has 94 valence electrons. The first-order chi connectivity index (χ1) is 8.22. The molecular weight excluding hydrogens is 276 g/mol. The molecule has 0 radical (unpaired) electrons. The zero-order chi connectivity index (χ0) is 12.3. The van der Waals surface area contributed by atoms with E-state index in [1.807, 2.05) is 7.05 Å². The lowest BCUT2D eigenvalue weighted by atomic mass is 10.0. The van der Waals surface area contributed by atoms with Crippen LogP contribution in [0.4, 0.5) is 0 Å². The maximum atomic E-state index is 3.63. The third-order valence-corrected chi connectivity index (χ3v) is 4.29. The summed E-state index contributed by atoms with van der Waals surface area (Å²) in [5, 5.41) is 3.42. The van der Waals surface area contributed by atoms with Crippen LogP contribution in [0, 0.1) is 0 Å². The van der Waals surface area contributed by atoms with E-state index in [1.165, 1.54) is 22.9 Å². The summed E-state index contributed by atoms with van der Waals surface area (Å²) in [6, 6.07) is 9.77. The zero-order valence-electron chi connectivity index (χ0n) is 10.6. The monoisotopic (exact) mass is 296 g/mol. The van der Waals surface area contributed by atoms with Crippen molar-refractivity contribution in [1.82, 2.24) is 10.2 Å². The van der Waals surface area contributed by atoms with Gasteiger partial charge in [-0.05, 0) is 51.5 Å². The quantitative estimate of drug-likeness (QED) is 0.867. The first kappa shape index (κ1) is 13.1. The molecule has 1 aromatic carbocycles. The normalized spacial score (nSPS) is 17.4. The minimum Gasteiger partial charge on any atom is -0.313 e. The summed E-state index contributed by atoms with van der Waals surface area (Å²) in [6.45, 7) is 1.16. The minimum absolute atomic E-state index is 0.437. The van der Waals surface area contributed by atoms with Crippen molar-refractivity contribution in [3.05, 3.63) is 34.3 Å². The molecule has 1 unspecified atom stereocenters. The number of hydrogen-bond acceptors (Lipinski definition) is 2. The van der Waals surface area contributed by atoms with Crippen molar-refractivity contribution in [2.75, 3.05) is 20.6 Å². The van der Waals surface area contributed by atoms with Gasteiger partial charge in [0, 0.05) is 16.6 Å². The summed E-state index contributed by atoms with van der Waals surface area (Å²) >= 11 is 3.63. The molecular formula is C14H21BrN2. The molecule has 3 heteroatoms. The van der Waals surface area contributed by atoms with Crippen molar-refractivity contribution in [2.45, 2.75) is 31.3 Å². The Hall–Kier alpha value is -0.380. The number of benzene rings is 1. The van der Waals surface area contributed by atoms with E-state index in [0.29, 0.717) is 6.04 Å². The third kappa shape index (κ3) is 3.54. The average Bonchev–Trinajstić information content (AvgIpc) is 3.15. The fourth-order valence-corrected chi connectivity index (χ4v) is 2.80. The third-order valence-electron chi connectivity index (χ3n) is 3.57. The number of hydrogen-bond donors (Lipinski definition) is 1. The van der Waals surface area contributed by atoms with Crippen LogP contribution in [-0.2, 0) is 0 Å². The fraction of sp³-hybridized carbons (Fsp3) is 0.571. The number of nitrogens with zero attached hydrogens (tertiary/aromatic N) is 1. The maximum Gasteiger partial charge on any atom is 0.0340 e. The largest absolute Gasteiger partial charge is 0.313 e. The van der Waals surface area contributed by atoms with Gasteiger partial charge in [0.05, 0.1) is 0 Å². The van der Waals surface area contributed by atoms with Gasteiger partial charge in [-0.2, -0.15) is 0 Å². The Kier molecular flexibility index (Phi) is 4.60. The predicted molar refractivity (Wildman–Crippen MR) is 76.2 cm³/mol. The fourth-order valence-electron chi connectivity index (χ4n) is 2.24. The molecule has 0 bridgehead atoms. The molecule has 2 rings (SSSR count). The highest BCUT2D eigenvalue weighted by atomic mass is 79.9. The van der Waals surface area contributed by atoms with Gasteiger partial charge >= 0.3 is 0 Å². The van der Waals surface area contributed by atoms with E-state index in [2.05, 4.69) is 57.5 Å². The lowest BCUT2D eigenvalue weighted by Gasteiger charge is -2.22. The van der Waals surface area contributed by atoms with Gasteiger partial charge < -0.3 is 10.2 Å². The van der Waals surface area contributed by atoms with E-state index in [-0.39, 0.29) is 0 Å². The van der Waals surface area contributed by atoms with Crippen molar-refractivity contribution in [1.29, 1.82) is 0 Å². The highest BCUT2D eigenvalue weighted by Crippen LogP contribution is 2.28. The Labute approximate surface area is 113 Å². The van der Waals surface area contributed by atoms with Gasteiger partial charge in [0.25, 0.3) is 0 Å². The second-order valence-corrected chi connectivity index (χ2v) is 5.72. The molecule has 1 saturated carbocycles. The lowest BCUT2D eigenvalue weighted by Crippen LogP contribution is -2.27. The van der Waals surface area contributed by atoms with E-state index in [1.54, 1.807) is 0 Å². The summed E-state index contributed by atoms with van der Waals surface area (Å²) in [5.41, 5.74) is 1.36. The molecule has 0 aromatic heterocycles. The van der Waals surface area contributed by atoms with Crippen LogP contribution in [0.1, 0.15) is 30.9 Å². The molecule has 0 amide bonds. The molecule has 0 saturated heterocycles. The molecule has 17 heavy (non-hydrogen) atoms. The molecule has 1 N–H and O–H groups in total. The van der Waals surface area contributed by atoms with E-state index < -0.39 is 0 Å². The number of rotatable bonds is 6. The van der Waals surface area contributed by atoms with Gasteiger partial charge in [0.1, 0.15) is 0 Å². The van der Waals surface area contributed by atoms with Crippen LogP contribution in [0.2, 0.25) is 0 Å². The van der Waals surface area contributed by atoms with Crippen LogP contribution >= 0.6 is 15.9 Å². The summed E-state index contributed by atoms with van der Waals surface area (Å²) in [5.74, 6) is 0. The molecule has 2 nitrogen and oxygen atoms in total. The Morgan fingerprint density at radius 2 is 2.12 bits per heavy atom. The van der Waals surface area contributed by atoms with Crippen molar-refractivity contribution in [2.24, 2.45) is 0 Å². The highest BCUT2D eigenvalue weighted by Gasteiger charge is 2.26. The van der Waals surface area contributed by atoms with Gasteiger partial charge in [-0.25, -0.2) is 0 Å². The molecule has 0 spiro atoms. The van der Waals surface area contributed by atoms with Crippen LogP contribution in [0.5, 0.6) is 0 Å². The molecule has 1 aromatic rings. The lowest BCUT2D eigenvalue weighted by molar-refractivity contribution is 0.301.